The number of nitrogens with zero attached hydrogens (tertiary/aromatic N) is 1. The van der Waals surface area contributed by atoms with Gasteiger partial charge in [0.05, 0.1) is 5.02 Å². The lowest BCUT2D eigenvalue weighted by Gasteiger charge is -2.10. The van der Waals surface area contributed by atoms with Crippen molar-refractivity contribution in [1.82, 2.24) is 4.57 Å². The van der Waals surface area contributed by atoms with E-state index in [4.69, 9.17) is 11.6 Å². The van der Waals surface area contributed by atoms with E-state index in [2.05, 4.69) is 37.5 Å². The molecule has 0 spiro atoms. The first-order chi connectivity index (χ1) is 8.00. The maximum atomic E-state index is 6.26. The van der Waals surface area contributed by atoms with E-state index in [0.717, 1.165) is 5.02 Å². The number of hydrogen-bond acceptors (Lipinski definition) is 0. The fraction of sp³-hybridized carbons (Fsp3) is 0.467. The molecule has 1 aromatic carbocycles. The summed E-state index contributed by atoms with van der Waals surface area (Å²) in [5.74, 6) is 0.507. The highest BCUT2D eigenvalue weighted by molar-refractivity contribution is 6.36. The molecule has 0 aliphatic heterocycles. The molecule has 0 amide bonds. The van der Waals surface area contributed by atoms with Crippen molar-refractivity contribution in [3.63, 3.8) is 0 Å². The fourth-order valence-electron chi connectivity index (χ4n) is 2.09. The fourth-order valence-corrected chi connectivity index (χ4v) is 2.44. The Balaban J connectivity index is 0.000000686. The summed E-state index contributed by atoms with van der Waals surface area (Å²) >= 11 is 6.26. The zero-order chi connectivity index (χ0) is 13.2. The van der Waals surface area contributed by atoms with E-state index in [9.17, 15) is 0 Å². The number of halogens is 1. The molecule has 0 N–H and O–H groups in total. The van der Waals surface area contributed by atoms with Crippen molar-refractivity contribution in [2.45, 2.75) is 40.5 Å². The Bertz CT molecular complexity index is 509. The Morgan fingerprint density at radius 3 is 2.29 bits per heavy atom. The van der Waals surface area contributed by atoms with Gasteiger partial charge < -0.3 is 4.57 Å². The second-order valence-corrected chi connectivity index (χ2v) is 4.90. The van der Waals surface area contributed by atoms with E-state index in [1.165, 1.54) is 22.0 Å². The van der Waals surface area contributed by atoms with Crippen LogP contribution in [-0.4, -0.2) is 4.57 Å². The van der Waals surface area contributed by atoms with E-state index in [1.807, 2.05) is 27.1 Å². The molecule has 0 saturated carbocycles. The second kappa shape index (κ2) is 5.59. The molecule has 0 aliphatic rings. The lowest BCUT2D eigenvalue weighted by molar-refractivity contribution is 0.874. The predicted molar refractivity (Wildman–Crippen MR) is 78.1 cm³/mol. The zero-order valence-electron chi connectivity index (χ0n) is 11.6. The van der Waals surface area contributed by atoms with Crippen LogP contribution in [0.3, 0.4) is 0 Å². The van der Waals surface area contributed by atoms with Crippen LogP contribution in [0.5, 0.6) is 0 Å². The smallest absolute Gasteiger partial charge is 0.0664 e. The van der Waals surface area contributed by atoms with Crippen LogP contribution in [0.25, 0.3) is 10.9 Å². The van der Waals surface area contributed by atoms with Crippen LogP contribution in [0.15, 0.2) is 18.3 Å². The number of benzene rings is 1. The van der Waals surface area contributed by atoms with Crippen molar-refractivity contribution >= 4 is 22.5 Å². The van der Waals surface area contributed by atoms with Crippen molar-refractivity contribution in [2.75, 3.05) is 0 Å². The van der Waals surface area contributed by atoms with Crippen LogP contribution in [0.1, 0.15) is 44.7 Å². The van der Waals surface area contributed by atoms with Gasteiger partial charge in [-0.1, -0.05) is 45.4 Å². The summed E-state index contributed by atoms with van der Waals surface area (Å²) in [4.78, 5) is 0. The Hall–Kier alpha value is -0.950. The molecule has 1 aromatic heterocycles. The average molecular weight is 252 g/mol. The SMILES string of the molecule is CC.Cc1cc(C(C)C)c2c(Cl)cn(C)c2c1. The largest absolute Gasteiger partial charge is 0.349 e. The van der Waals surface area contributed by atoms with Gasteiger partial charge in [0, 0.05) is 24.1 Å². The van der Waals surface area contributed by atoms with Crippen LogP contribution in [-0.2, 0) is 7.05 Å². The zero-order valence-corrected chi connectivity index (χ0v) is 12.4. The summed E-state index contributed by atoms with van der Waals surface area (Å²) in [5.41, 5.74) is 3.86. The van der Waals surface area contributed by atoms with Gasteiger partial charge in [-0.2, -0.15) is 0 Å². The van der Waals surface area contributed by atoms with Crippen molar-refractivity contribution in [1.29, 1.82) is 0 Å². The van der Waals surface area contributed by atoms with E-state index < -0.39 is 0 Å². The Morgan fingerprint density at radius 2 is 1.76 bits per heavy atom. The van der Waals surface area contributed by atoms with Crippen LogP contribution < -0.4 is 0 Å². The molecular weight excluding hydrogens is 230 g/mol. The van der Waals surface area contributed by atoms with Gasteiger partial charge in [-0.05, 0) is 30.0 Å². The number of hydrogen-bond donors (Lipinski definition) is 0. The molecule has 17 heavy (non-hydrogen) atoms. The first-order valence-electron chi connectivity index (χ1n) is 6.25. The summed E-state index contributed by atoms with van der Waals surface area (Å²) in [5, 5.41) is 2.07. The monoisotopic (exact) mass is 251 g/mol. The van der Waals surface area contributed by atoms with Crippen molar-refractivity contribution in [3.8, 4) is 0 Å². The minimum absolute atomic E-state index is 0.507. The average Bonchev–Trinajstić information content (AvgIpc) is 2.56. The number of fused-ring (bicyclic) bond motifs is 1. The minimum atomic E-state index is 0.507. The van der Waals surface area contributed by atoms with E-state index in [-0.39, 0.29) is 0 Å². The van der Waals surface area contributed by atoms with Gasteiger partial charge in [0.1, 0.15) is 0 Å². The highest BCUT2D eigenvalue weighted by atomic mass is 35.5. The van der Waals surface area contributed by atoms with Gasteiger partial charge in [-0.15, -0.1) is 0 Å². The molecule has 1 nitrogen and oxygen atoms in total. The highest BCUT2D eigenvalue weighted by Crippen LogP contribution is 2.33. The van der Waals surface area contributed by atoms with Crippen molar-refractivity contribution < 1.29 is 0 Å². The van der Waals surface area contributed by atoms with Crippen LogP contribution in [0.2, 0.25) is 5.02 Å². The summed E-state index contributed by atoms with van der Waals surface area (Å²) < 4.78 is 2.09. The molecular formula is C15H22ClN. The summed E-state index contributed by atoms with van der Waals surface area (Å²) in [6.07, 6.45) is 1.98. The van der Waals surface area contributed by atoms with Gasteiger partial charge in [0.25, 0.3) is 0 Å². The molecule has 2 rings (SSSR count). The van der Waals surface area contributed by atoms with E-state index >= 15 is 0 Å². The molecule has 94 valence electrons. The maximum absolute atomic E-state index is 6.26. The van der Waals surface area contributed by atoms with Gasteiger partial charge in [0.15, 0.2) is 0 Å². The third-order valence-corrected chi connectivity index (χ3v) is 3.13. The normalized spacial score (nSPS) is 10.6. The summed E-state index contributed by atoms with van der Waals surface area (Å²) in [6, 6.07) is 4.42. The third kappa shape index (κ3) is 2.66. The van der Waals surface area contributed by atoms with Crippen LogP contribution >= 0.6 is 11.6 Å². The van der Waals surface area contributed by atoms with E-state index in [1.54, 1.807) is 0 Å². The third-order valence-electron chi connectivity index (χ3n) is 2.84. The Labute approximate surface area is 109 Å². The molecule has 1 heterocycles. The topological polar surface area (TPSA) is 4.93 Å². The lowest BCUT2D eigenvalue weighted by atomic mass is 9.97. The molecule has 0 bridgehead atoms. The van der Waals surface area contributed by atoms with Gasteiger partial charge in [0.2, 0.25) is 0 Å². The van der Waals surface area contributed by atoms with Crippen molar-refractivity contribution in [3.05, 3.63) is 34.5 Å². The minimum Gasteiger partial charge on any atom is -0.349 e. The van der Waals surface area contributed by atoms with Gasteiger partial charge >= 0.3 is 0 Å². The van der Waals surface area contributed by atoms with E-state index in [0.29, 0.717) is 5.92 Å². The number of rotatable bonds is 1. The lowest BCUT2D eigenvalue weighted by Crippen LogP contribution is -1.92. The standard InChI is InChI=1S/C13H16ClN.C2H6/c1-8(2)10-5-9(3)6-12-13(10)11(14)7-15(12)4;1-2/h5-8H,1-4H3;1-2H3. The number of aryl methyl sites for hydroxylation is 2. The molecule has 2 heteroatoms. The summed E-state index contributed by atoms with van der Waals surface area (Å²) in [7, 11) is 2.04. The Morgan fingerprint density at radius 1 is 1.18 bits per heavy atom. The molecule has 2 aromatic rings. The molecule has 0 aliphatic carbocycles. The maximum Gasteiger partial charge on any atom is 0.0664 e. The molecule has 0 radical (unpaired) electrons. The van der Waals surface area contributed by atoms with Gasteiger partial charge in [-0.3, -0.25) is 0 Å². The first kappa shape index (κ1) is 14.1. The quantitative estimate of drug-likeness (QED) is 0.649. The van der Waals surface area contributed by atoms with Crippen molar-refractivity contribution in [2.24, 2.45) is 7.05 Å². The molecule has 0 atom stereocenters. The van der Waals surface area contributed by atoms with Crippen LogP contribution in [0.4, 0.5) is 0 Å². The Kier molecular flexibility index (Phi) is 4.64. The first-order valence-corrected chi connectivity index (χ1v) is 6.63. The summed E-state index contributed by atoms with van der Waals surface area (Å²) in [6.45, 7) is 10.5. The van der Waals surface area contributed by atoms with Crippen LogP contribution in [0, 0.1) is 6.92 Å². The predicted octanol–water partition coefficient (Wildman–Crippen LogP) is 5.29. The molecule has 0 unspecified atom stereocenters. The molecule has 0 fully saturated rings. The highest BCUT2D eigenvalue weighted by Gasteiger charge is 2.12. The second-order valence-electron chi connectivity index (χ2n) is 4.49. The van der Waals surface area contributed by atoms with Gasteiger partial charge in [-0.25, -0.2) is 0 Å². The number of aromatic nitrogens is 1. The molecule has 0 saturated heterocycles.